The van der Waals surface area contributed by atoms with Gasteiger partial charge in [0.2, 0.25) is 0 Å². The molecule has 0 spiro atoms. The van der Waals surface area contributed by atoms with Gasteiger partial charge in [0.25, 0.3) is 0 Å². The molecule has 4 rings (SSSR count). The van der Waals surface area contributed by atoms with Crippen molar-refractivity contribution in [2.24, 2.45) is 13.0 Å². The lowest BCUT2D eigenvalue weighted by atomic mass is 10.0. The average Bonchev–Trinajstić information content (AvgIpc) is 3.16. The predicted molar refractivity (Wildman–Crippen MR) is 94.5 cm³/mol. The van der Waals surface area contributed by atoms with Crippen molar-refractivity contribution in [2.75, 3.05) is 18.0 Å². The smallest absolute Gasteiger partial charge is 0.139 e. The van der Waals surface area contributed by atoms with Gasteiger partial charge in [0.1, 0.15) is 12.1 Å². The van der Waals surface area contributed by atoms with Crippen LogP contribution in [-0.4, -0.2) is 32.8 Å². The van der Waals surface area contributed by atoms with E-state index < -0.39 is 0 Å². The van der Waals surface area contributed by atoms with Crippen LogP contribution in [-0.2, 0) is 13.5 Å². The maximum atomic E-state index is 4.55. The van der Waals surface area contributed by atoms with Crippen molar-refractivity contribution in [1.82, 2.24) is 19.7 Å². The Morgan fingerprint density at radius 1 is 1.30 bits per heavy atom. The third-order valence-electron chi connectivity index (χ3n) is 4.44. The molecule has 1 aliphatic rings. The summed E-state index contributed by atoms with van der Waals surface area (Å²) in [6.45, 7) is 2.08. The number of nitrogens with zero attached hydrogens (tertiary/aromatic N) is 5. The van der Waals surface area contributed by atoms with Crippen LogP contribution in [0, 0.1) is 5.92 Å². The van der Waals surface area contributed by atoms with Gasteiger partial charge in [-0.15, -0.1) is 0 Å². The second kappa shape index (κ2) is 5.92. The first kappa shape index (κ1) is 14.6. The molecule has 2 aromatic heterocycles. The number of anilines is 1. The average molecular weight is 372 g/mol. The van der Waals surface area contributed by atoms with E-state index in [1.54, 1.807) is 6.33 Å². The fourth-order valence-electron chi connectivity index (χ4n) is 3.37. The summed E-state index contributed by atoms with van der Waals surface area (Å²) in [5.74, 6) is 1.70. The fourth-order valence-corrected chi connectivity index (χ4v) is 3.73. The Hall–Kier alpha value is -1.95. The molecule has 1 unspecified atom stereocenters. The highest BCUT2D eigenvalue weighted by atomic mass is 79.9. The second-order valence-electron chi connectivity index (χ2n) is 6.19. The van der Waals surface area contributed by atoms with E-state index in [9.17, 15) is 0 Å². The van der Waals surface area contributed by atoms with Crippen LogP contribution in [0.5, 0.6) is 0 Å². The number of hydrogen-bond acceptors (Lipinski definition) is 4. The quantitative estimate of drug-likeness (QED) is 0.709. The number of rotatable bonds is 3. The molecule has 1 atom stereocenters. The minimum absolute atomic E-state index is 0.649. The first-order valence-electron chi connectivity index (χ1n) is 7.82. The van der Waals surface area contributed by atoms with Gasteiger partial charge in [-0.25, -0.2) is 9.97 Å². The van der Waals surface area contributed by atoms with Crippen molar-refractivity contribution in [3.05, 3.63) is 47.0 Å². The maximum absolute atomic E-state index is 4.55. The summed E-state index contributed by atoms with van der Waals surface area (Å²) >= 11 is 3.55. The molecule has 3 aromatic rings. The molecule has 1 aromatic carbocycles. The lowest BCUT2D eigenvalue weighted by Crippen LogP contribution is -2.21. The van der Waals surface area contributed by atoms with Crippen LogP contribution in [0.15, 0.2) is 41.4 Å². The SMILES string of the molecule is Cn1cc(CC2CCN(c3ncnc4ccc(Br)cc34)C2)cn1. The second-order valence-corrected chi connectivity index (χ2v) is 7.10. The Morgan fingerprint density at radius 3 is 3.04 bits per heavy atom. The van der Waals surface area contributed by atoms with Crippen molar-refractivity contribution in [1.29, 1.82) is 0 Å². The Kier molecular flexibility index (Phi) is 3.77. The van der Waals surface area contributed by atoms with Crippen LogP contribution in [0.25, 0.3) is 10.9 Å². The summed E-state index contributed by atoms with van der Waals surface area (Å²) in [5.41, 5.74) is 2.31. The lowest BCUT2D eigenvalue weighted by molar-refractivity contribution is 0.586. The number of halogens is 1. The molecule has 0 radical (unpaired) electrons. The molecule has 1 aliphatic heterocycles. The summed E-state index contributed by atoms with van der Waals surface area (Å²) in [7, 11) is 1.97. The van der Waals surface area contributed by atoms with Gasteiger partial charge in [-0.2, -0.15) is 5.10 Å². The third-order valence-corrected chi connectivity index (χ3v) is 4.94. The number of hydrogen-bond donors (Lipinski definition) is 0. The molecule has 0 amide bonds. The molecular formula is C17H18BrN5. The largest absolute Gasteiger partial charge is 0.356 e. The van der Waals surface area contributed by atoms with Gasteiger partial charge in [0.15, 0.2) is 0 Å². The minimum atomic E-state index is 0.649. The topological polar surface area (TPSA) is 46.8 Å². The Labute approximate surface area is 143 Å². The van der Waals surface area contributed by atoms with E-state index in [4.69, 9.17) is 0 Å². The van der Waals surface area contributed by atoms with Crippen molar-refractivity contribution >= 4 is 32.7 Å². The zero-order valence-electron chi connectivity index (χ0n) is 13.0. The minimum Gasteiger partial charge on any atom is -0.356 e. The molecule has 0 saturated carbocycles. The van der Waals surface area contributed by atoms with Gasteiger partial charge in [-0.3, -0.25) is 4.68 Å². The standard InChI is InChI=1S/C17H18BrN5/c1-22-9-13(8-21-22)6-12-4-5-23(10-12)17-15-7-14(18)2-3-16(15)19-11-20-17/h2-3,7-9,11-12H,4-6,10H2,1H3. The van der Waals surface area contributed by atoms with Crippen LogP contribution >= 0.6 is 15.9 Å². The fraction of sp³-hybridized carbons (Fsp3) is 0.353. The normalized spacial score (nSPS) is 18.0. The summed E-state index contributed by atoms with van der Waals surface area (Å²) in [6.07, 6.45) is 8.02. The molecule has 1 saturated heterocycles. The van der Waals surface area contributed by atoms with Gasteiger partial charge >= 0.3 is 0 Å². The maximum Gasteiger partial charge on any atom is 0.139 e. The van der Waals surface area contributed by atoms with Gasteiger partial charge in [-0.1, -0.05) is 15.9 Å². The van der Waals surface area contributed by atoms with Crippen LogP contribution in [0.4, 0.5) is 5.82 Å². The van der Waals surface area contributed by atoms with Crippen LogP contribution in [0.2, 0.25) is 0 Å². The van der Waals surface area contributed by atoms with Gasteiger partial charge in [0.05, 0.1) is 11.7 Å². The van der Waals surface area contributed by atoms with E-state index in [0.29, 0.717) is 5.92 Å². The van der Waals surface area contributed by atoms with Crippen LogP contribution < -0.4 is 4.90 Å². The highest BCUT2D eigenvalue weighted by Crippen LogP contribution is 2.30. The lowest BCUT2D eigenvalue weighted by Gasteiger charge is -2.19. The zero-order valence-corrected chi connectivity index (χ0v) is 14.6. The molecule has 0 aliphatic carbocycles. The molecule has 1 fully saturated rings. The molecule has 23 heavy (non-hydrogen) atoms. The zero-order chi connectivity index (χ0) is 15.8. The summed E-state index contributed by atoms with van der Waals surface area (Å²) < 4.78 is 2.93. The molecule has 5 nitrogen and oxygen atoms in total. The molecule has 118 valence electrons. The van der Waals surface area contributed by atoms with Gasteiger partial charge in [0, 0.05) is 36.2 Å². The summed E-state index contributed by atoms with van der Waals surface area (Å²) in [5, 5.41) is 5.38. The molecule has 0 bridgehead atoms. The van der Waals surface area contributed by atoms with E-state index in [-0.39, 0.29) is 0 Å². The summed E-state index contributed by atoms with van der Waals surface area (Å²) in [6, 6.07) is 6.17. The molecular weight excluding hydrogens is 354 g/mol. The number of aromatic nitrogens is 4. The van der Waals surface area contributed by atoms with Gasteiger partial charge < -0.3 is 4.90 Å². The van der Waals surface area contributed by atoms with Crippen LogP contribution in [0.3, 0.4) is 0 Å². The number of fused-ring (bicyclic) bond motifs is 1. The first-order chi connectivity index (χ1) is 11.2. The van der Waals surface area contributed by atoms with E-state index in [0.717, 1.165) is 40.7 Å². The van der Waals surface area contributed by atoms with E-state index in [2.05, 4.69) is 48.2 Å². The first-order valence-corrected chi connectivity index (χ1v) is 8.61. The van der Waals surface area contributed by atoms with Crippen molar-refractivity contribution in [3.63, 3.8) is 0 Å². The molecule has 0 N–H and O–H groups in total. The van der Waals surface area contributed by atoms with Crippen molar-refractivity contribution < 1.29 is 0 Å². The van der Waals surface area contributed by atoms with E-state index >= 15 is 0 Å². The molecule has 3 heterocycles. The number of benzene rings is 1. The van der Waals surface area contributed by atoms with E-state index in [1.807, 2.05) is 30.1 Å². The predicted octanol–water partition coefficient (Wildman–Crippen LogP) is 3.19. The monoisotopic (exact) mass is 371 g/mol. The third kappa shape index (κ3) is 2.95. The van der Waals surface area contributed by atoms with Crippen molar-refractivity contribution in [2.45, 2.75) is 12.8 Å². The Bertz CT molecular complexity index is 844. The Morgan fingerprint density at radius 2 is 2.22 bits per heavy atom. The summed E-state index contributed by atoms with van der Waals surface area (Å²) in [4.78, 5) is 11.3. The van der Waals surface area contributed by atoms with E-state index in [1.165, 1.54) is 12.0 Å². The highest BCUT2D eigenvalue weighted by molar-refractivity contribution is 9.10. The Balaban J connectivity index is 1.56. The van der Waals surface area contributed by atoms with Gasteiger partial charge in [-0.05, 0) is 42.5 Å². The van der Waals surface area contributed by atoms with Crippen molar-refractivity contribution in [3.8, 4) is 0 Å². The van der Waals surface area contributed by atoms with Crippen LogP contribution in [0.1, 0.15) is 12.0 Å². The number of aryl methyl sites for hydroxylation is 1. The highest BCUT2D eigenvalue weighted by Gasteiger charge is 2.25. The molecule has 6 heteroatoms.